The van der Waals surface area contributed by atoms with Gasteiger partial charge in [-0.1, -0.05) is 31.2 Å². The van der Waals surface area contributed by atoms with Crippen molar-refractivity contribution in [1.29, 1.82) is 5.26 Å². The van der Waals surface area contributed by atoms with Gasteiger partial charge in [-0.15, -0.1) is 5.10 Å². The number of aromatic nitrogens is 3. The highest BCUT2D eigenvalue weighted by Gasteiger charge is 2.21. The number of nitriles is 1. The predicted octanol–water partition coefficient (Wildman–Crippen LogP) is 5.94. The van der Waals surface area contributed by atoms with E-state index in [1.165, 1.54) is 17.8 Å². The number of fused-ring (bicyclic) bond motifs is 1. The summed E-state index contributed by atoms with van der Waals surface area (Å²) in [5.74, 6) is 0.490. The largest absolute Gasteiger partial charge is 0.354 e. The number of imidazole rings is 1. The van der Waals surface area contributed by atoms with Crippen molar-refractivity contribution in [1.82, 2.24) is 14.6 Å². The molecular weight excluding hydrogens is 439 g/mol. The number of rotatable bonds is 6. The van der Waals surface area contributed by atoms with Crippen molar-refractivity contribution in [2.75, 3.05) is 23.4 Å². The van der Waals surface area contributed by atoms with E-state index in [0.29, 0.717) is 12.1 Å². The van der Waals surface area contributed by atoms with Crippen LogP contribution >= 0.6 is 0 Å². The van der Waals surface area contributed by atoms with Gasteiger partial charge in [0, 0.05) is 31.4 Å². The second-order valence-electron chi connectivity index (χ2n) is 8.79. The average molecular weight is 467 g/mol. The van der Waals surface area contributed by atoms with E-state index in [1.54, 1.807) is 16.8 Å². The molecule has 0 bridgehead atoms. The summed E-state index contributed by atoms with van der Waals surface area (Å²) in [6, 6.07) is 18.8. The molecule has 0 saturated carbocycles. The lowest BCUT2D eigenvalue weighted by atomic mass is 10.1. The van der Waals surface area contributed by atoms with Crippen LogP contribution in [-0.2, 0) is 6.54 Å². The maximum atomic E-state index is 13.6. The SMILES string of the molecule is CC/C=C1\CCCN1c1ccc(-c2cnc3ccc(N(C)Cc4cccc(F)c4)nn23)cc1C#N. The first-order valence-electron chi connectivity index (χ1n) is 11.9. The maximum absolute atomic E-state index is 13.6. The molecule has 0 unspecified atom stereocenters. The molecule has 5 rings (SSSR count). The van der Waals surface area contributed by atoms with Gasteiger partial charge in [-0.05, 0) is 61.2 Å². The number of hydrogen-bond acceptors (Lipinski definition) is 5. The van der Waals surface area contributed by atoms with Gasteiger partial charge >= 0.3 is 0 Å². The number of hydrogen-bond donors (Lipinski definition) is 0. The molecule has 0 aliphatic carbocycles. The van der Waals surface area contributed by atoms with Crippen LogP contribution in [0.1, 0.15) is 37.3 Å². The van der Waals surface area contributed by atoms with E-state index in [0.717, 1.165) is 59.8 Å². The van der Waals surface area contributed by atoms with Gasteiger partial charge in [0.25, 0.3) is 0 Å². The highest BCUT2D eigenvalue weighted by molar-refractivity contribution is 5.72. The van der Waals surface area contributed by atoms with Gasteiger partial charge in [0.05, 0.1) is 23.1 Å². The van der Waals surface area contributed by atoms with Crippen LogP contribution in [0.3, 0.4) is 0 Å². The van der Waals surface area contributed by atoms with Crippen LogP contribution in [-0.4, -0.2) is 28.2 Å². The Morgan fingerprint density at radius 1 is 1.17 bits per heavy atom. The number of nitrogens with zero attached hydrogens (tertiary/aromatic N) is 6. The maximum Gasteiger partial charge on any atom is 0.154 e. The Labute approximate surface area is 204 Å². The van der Waals surface area contributed by atoms with Gasteiger partial charge in [-0.25, -0.2) is 13.9 Å². The lowest BCUT2D eigenvalue weighted by Gasteiger charge is -2.22. The smallest absolute Gasteiger partial charge is 0.154 e. The summed E-state index contributed by atoms with van der Waals surface area (Å²) in [7, 11) is 1.93. The molecule has 0 spiro atoms. The fourth-order valence-corrected chi connectivity index (χ4v) is 4.69. The quantitative estimate of drug-likeness (QED) is 0.352. The van der Waals surface area contributed by atoms with Crippen molar-refractivity contribution in [3.63, 3.8) is 0 Å². The van der Waals surface area contributed by atoms with Crippen LogP contribution in [0.4, 0.5) is 15.9 Å². The molecule has 1 saturated heterocycles. The molecule has 176 valence electrons. The standard InChI is InChI=1S/C28H27FN6/c1-3-6-24-9-5-14-34(24)25-11-10-21(16-22(25)17-30)26-18-31-27-12-13-28(32-35(26)27)33(2)19-20-7-4-8-23(29)15-20/h4,6-8,10-13,15-16,18H,3,5,9,14,19H2,1-2H3/b24-6+. The van der Waals surface area contributed by atoms with Crippen molar-refractivity contribution in [3.05, 3.63) is 89.5 Å². The van der Waals surface area contributed by atoms with Gasteiger partial charge < -0.3 is 9.80 Å². The Morgan fingerprint density at radius 2 is 2.06 bits per heavy atom. The summed E-state index contributed by atoms with van der Waals surface area (Å²) >= 11 is 0. The van der Waals surface area contributed by atoms with E-state index in [4.69, 9.17) is 5.10 Å². The summed E-state index contributed by atoms with van der Waals surface area (Å²) in [5.41, 5.74) is 6.17. The zero-order valence-electron chi connectivity index (χ0n) is 19.9. The zero-order valence-corrected chi connectivity index (χ0v) is 19.9. The van der Waals surface area contributed by atoms with Crippen molar-refractivity contribution >= 4 is 17.2 Å². The van der Waals surface area contributed by atoms with Crippen LogP contribution in [0.2, 0.25) is 0 Å². The van der Waals surface area contributed by atoms with Crippen molar-refractivity contribution in [3.8, 4) is 17.3 Å². The number of anilines is 2. The fourth-order valence-electron chi connectivity index (χ4n) is 4.69. The van der Waals surface area contributed by atoms with E-state index in [9.17, 15) is 9.65 Å². The van der Waals surface area contributed by atoms with Gasteiger partial charge in [0.15, 0.2) is 5.65 Å². The molecule has 1 aliphatic heterocycles. The van der Waals surface area contributed by atoms with Gasteiger partial charge in [0.1, 0.15) is 17.7 Å². The molecule has 0 radical (unpaired) electrons. The summed E-state index contributed by atoms with van der Waals surface area (Å²) in [5, 5.41) is 14.7. The summed E-state index contributed by atoms with van der Waals surface area (Å²) < 4.78 is 15.4. The molecule has 4 aromatic rings. The molecule has 0 N–H and O–H groups in total. The Balaban J connectivity index is 1.48. The molecule has 1 aliphatic rings. The summed E-state index contributed by atoms with van der Waals surface area (Å²) in [4.78, 5) is 8.74. The first kappa shape index (κ1) is 22.6. The zero-order chi connectivity index (χ0) is 24.4. The number of halogens is 1. The van der Waals surface area contributed by atoms with E-state index in [1.807, 2.05) is 48.3 Å². The summed E-state index contributed by atoms with van der Waals surface area (Å²) in [6.07, 6.45) is 7.16. The average Bonchev–Trinajstić information content (AvgIpc) is 3.50. The summed E-state index contributed by atoms with van der Waals surface area (Å²) in [6.45, 7) is 3.59. The van der Waals surface area contributed by atoms with Gasteiger partial charge in [-0.2, -0.15) is 5.26 Å². The first-order chi connectivity index (χ1) is 17.1. The molecule has 2 aromatic heterocycles. The van der Waals surface area contributed by atoms with Gasteiger partial charge in [0.2, 0.25) is 0 Å². The molecular formula is C28H27FN6. The van der Waals surface area contributed by atoms with E-state index in [2.05, 4.69) is 29.0 Å². The highest BCUT2D eigenvalue weighted by atomic mass is 19.1. The van der Waals surface area contributed by atoms with Gasteiger partial charge in [-0.3, -0.25) is 0 Å². The molecule has 0 atom stereocenters. The number of benzene rings is 2. The van der Waals surface area contributed by atoms with Crippen molar-refractivity contribution in [2.45, 2.75) is 32.7 Å². The molecule has 6 nitrogen and oxygen atoms in total. The Morgan fingerprint density at radius 3 is 2.86 bits per heavy atom. The normalized spacial score (nSPS) is 14.6. The second-order valence-corrected chi connectivity index (χ2v) is 8.79. The number of allylic oxidation sites excluding steroid dienone is 2. The molecule has 0 amide bonds. The fraction of sp³-hybridized carbons (Fsp3) is 0.250. The van der Waals surface area contributed by atoms with E-state index in [-0.39, 0.29) is 5.82 Å². The molecule has 1 fully saturated rings. The second kappa shape index (κ2) is 9.59. The predicted molar refractivity (Wildman–Crippen MR) is 137 cm³/mol. The lowest BCUT2D eigenvalue weighted by Crippen LogP contribution is -2.19. The Bertz CT molecular complexity index is 1450. The third-order valence-electron chi connectivity index (χ3n) is 6.35. The van der Waals surface area contributed by atoms with Crippen LogP contribution < -0.4 is 9.80 Å². The van der Waals surface area contributed by atoms with Crippen molar-refractivity contribution < 1.29 is 4.39 Å². The minimum Gasteiger partial charge on any atom is -0.354 e. The van der Waals surface area contributed by atoms with Crippen LogP contribution in [0, 0.1) is 17.1 Å². The topological polar surface area (TPSA) is 60.5 Å². The van der Waals surface area contributed by atoms with Crippen molar-refractivity contribution in [2.24, 2.45) is 0 Å². The van der Waals surface area contributed by atoms with E-state index >= 15 is 0 Å². The third kappa shape index (κ3) is 4.47. The minimum absolute atomic E-state index is 0.251. The monoisotopic (exact) mass is 466 g/mol. The first-order valence-corrected chi connectivity index (χ1v) is 11.9. The molecule has 35 heavy (non-hydrogen) atoms. The van der Waals surface area contributed by atoms with E-state index < -0.39 is 0 Å². The lowest BCUT2D eigenvalue weighted by molar-refractivity contribution is 0.625. The third-order valence-corrected chi connectivity index (χ3v) is 6.35. The molecule has 3 heterocycles. The Hall–Kier alpha value is -4.18. The Kier molecular flexibility index (Phi) is 6.19. The minimum atomic E-state index is -0.251. The van der Waals surface area contributed by atoms with Crippen LogP contribution in [0.15, 0.2) is 72.6 Å². The van der Waals surface area contributed by atoms with Crippen LogP contribution in [0.25, 0.3) is 16.9 Å². The van der Waals surface area contributed by atoms with Crippen LogP contribution in [0.5, 0.6) is 0 Å². The molecule has 2 aromatic carbocycles. The highest BCUT2D eigenvalue weighted by Crippen LogP contribution is 2.34. The molecule has 7 heteroatoms.